The zero-order valence-corrected chi connectivity index (χ0v) is 14.0. The number of rotatable bonds is 5. The van der Waals surface area contributed by atoms with E-state index in [1.165, 1.54) is 38.5 Å². The first-order valence-corrected chi connectivity index (χ1v) is 9.04. The van der Waals surface area contributed by atoms with Crippen molar-refractivity contribution in [1.82, 2.24) is 5.32 Å². The minimum atomic E-state index is 0.130. The fraction of sp³-hybridized carbons (Fsp3) is 0.650. The van der Waals surface area contributed by atoms with Gasteiger partial charge in [-0.25, -0.2) is 0 Å². The van der Waals surface area contributed by atoms with Crippen molar-refractivity contribution < 1.29 is 9.53 Å². The Morgan fingerprint density at radius 3 is 2.35 bits per heavy atom. The summed E-state index contributed by atoms with van der Waals surface area (Å²) in [7, 11) is 1.66. The molecule has 0 atom stereocenters. The van der Waals surface area contributed by atoms with E-state index in [9.17, 15) is 4.79 Å². The number of hydrogen-bond donors (Lipinski definition) is 1. The Morgan fingerprint density at radius 2 is 1.74 bits per heavy atom. The zero-order chi connectivity index (χ0) is 15.9. The first-order chi connectivity index (χ1) is 11.2. The van der Waals surface area contributed by atoms with Crippen molar-refractivity contribution in [2.75, 3.05) is 13.7 Å². The van der Waals surface area contributed by atoms with Gasteiger partial charge >= 0.3 is 0 Å². The number of carbonyl (C=O) groups excluding carboxylic acids is 1. The maximum absolute atomic E-state index is 12.4. The highest BCUT2D eigenvalue weighted by molar-refractivity contribution is 5.79. The molecule has 0 aliphatic heterocycles. The predicted octanol–water partition coefficient (Wildman–Crippen LogP) is 3.57. The van der Waals surface area contributed by atoms with E-state index in [-0.39, 0.29) is 5.91 Å². The lowest BCUT2D eigenvalue weighted by Crippen LogP contribution is -2.51. The van der Waals surface area contributed by atoms with E-state index >= 15 is 0 Å². The molecule has 1 N–H and O–H groups in total. The van der Waals surface area contributed by atoms with Gasteiger partial charge in [0.15, 0.2) is 0 Å². The van der Waals surface area contributed by atoms with Gasteiger partial charge in [0, 0.05) is 12.1 Å². The highest BCUT2D eigenvalue weighted by atomic mass is 16.5. The number of carbonyl (C=O) groups is 1. The average molecular weight is 313 g/mol. The molecule has 3 heteroatoms. The van der Waals surface area contributed by atoms with Crippen LogP contribution >= 0.6 is 0 Å². The molecule has 4 aliphatic carbocycles. The van der Waals surface area contributed by atoms with Gasteiger partial charge in [-0.2, -0.15) is 0 Å². The minimum Gasteiger partial charge on any atom is -0.496 e. The number of nitrogens with one attached hydrogen (secondary N) is 1. The van der Waals surface area contributed by atoms with Crippen LogP contribution in [0.3, 0.4) is 0 Å². The third-order valence-electron chi connectivity index (χ3n) is 6.37. The summed E-state index contributed by atoms with van der Waals surface area (Å²) in [6.07, 6.45) is 8.80. The van der Waals surface area contributed by atoms with Crippen molar-refractivity contribution in [1.29, 1.82) is 0 Å². The molecule has 5 rings (SSSR count). The highest BCUT2D eigenvalue weighted by Crippen LogP contribution is 2.59. The molecule has 4 aliphatic rings. The molecule has 3 nitrogen and oxygen atoms in total. The van der Waals surface area contributed by atoms with Gasteiger partial charge in [0.25, 0.3) is 0 Å². The fourth-order valence-electron chi connectivity index (χ4n) is 5.88. The Bertz CT molecular complexity index is 560. The second-order valence-corrected chi connectivity index (χ2v) is 8.18. The van der Waals surface area contributed by atoms with E-state index in [0.717, 1.165) is 35.6 Å². The standard InChI is InChI=1S/C20H27NO2/c1-23-18-5-3-2-4-17(18)9-19(22)21-13-20-10-14-6-15(11-20)8-16(7-14)12-20/h2-5,14-16H,6-13H2,1H3,(H,21,22). The van der Waals surface area contributed by atoms with Crippen molar-refractivity contribution >= 4 is 5.91 Å². The Morgan fingerprint density at radius 1 is 1.13 bits per heavy atom. The van der Waals surface area contributed by atoms with Gasteiger partial charge in [-0.15, -0.1) is 0 Å². The molecular weight excluding hydrogens is 286 g/mol. The monoisotopic (exact) mass is 313 g/mol. The molecule has 0 radical (unpaired) electrons. The van der Waals surface area contributed by atoms with E-state index < -0.39 is 0 Å². The van der Waals surface area contributed by atoms with Crippen LogP contribution in [-0.4, -0.2) is 19.6 Å². The largest absolute Gasteiger partial charge is 0.496 e. The van der Waals surface area contributed by atoms with Gasteiger partial charge < -0.3 is 10.1 Å². The van der Waals surface area contributed by atoms with Gasteiger partial charge in [0.1, 0.15) is 5.75 Å². The molecule has 1 aromatic rings. The molecule has 4 bridgehead atoms. The van der Waals surface area contributed by atoms with Gasteiger partial charge in [-0.05, 0) is 67.8 Å². The molecule has 4 fully saturated rings. The maximum Gasteiger partial charge on any atom is 0.224 e. The molecule has 1 amide bonds. The van der Waals surface area contributed by atoms with Crippen LogP contribution in [-0.2, 0) is 11.2 Å². The second kappa shape index (κ2) is 5.85. The van der Waals surface area contributed by atoms with Crippen molar-refractivity contribution in [2.24, 2.45) is 23.2 Å². The third kappa shape index (κ3) is 2.98. The lowest BCUT2D eigenvalue weighted by molar-refractivity contribution is -0.122. The van der Waals surface area contributed by atoms with Crippen molar-refractivity contribution in [3.05, 3.63) is 29.8 Å². The second-order valence-electron chi connectivity index (χ2n) is 8.18. The Balaban J connectivity index is 1.37. The first kappa shape index (κ1) is 15.0. The van der Waals surface area contributed by atoms with Crippen molar-refractivity contribution in [3.63, 3.8) is 0 Å². The van der Waals surface area contributed by atoms with Crippen LogP contribution < -0.4 is 10.1 Å². The molecular formula is C20H27NO2. The van der Waals surface area contributed by atoms with E-state index in [1.807, 2.05) is 24.3 Å². The quantitative estimate of drug-likeness (QED) is 0.902. The van der Waals surface area contributed by atoms with Gasteiger partial charge in [-0.3, -0.25) is 4.79 Å². The van der Waals surface area contributed by atoms with E-state index in [0.29, 0.717) is 11.8 Å². The molecule has 0 saturated heterocycles. The normalized spacial score (nSPS) is 34.4. The Hall–Kier alpha value is -1.51. The number of benzene rings is 1. The molecule has 0 aromatic heterocycles. The summed E-state index contributed by atoms with van der Waals surface area (Å²) in [6, 6.07) is 7.80. The highest BCUT2D eigenvalue weighted by Gasteiger charge is 2.50. The fourth-order valence-corrected chi connectivity index (χ4v) is 5.88. The van der Waals surface area contributed by atoms with Crippen molar-refractivity contribution in [2.45, 2.75) is 44.9 Å². The van der Waals surface area contributed by atoms with Crippen LogP contribution in [0.5, 0.6) is 5.75 Å². The summed E-state index contributed by atoms with van der Waals surface area (Å²) < 4.78 is 5.34. The van der Waals surface area contributed by atoms with Crippen LogP contribution in [0.2, 0.25) is 0 Å². The average Bonchev–Trinajstić information content (AvgIpc) is 2.52. The first-order valence-electron chi connectivity index (χ1n) is 9.04. The maximum atomic E-state index is 12.4. The summed E-state index contributed by atoms with van der Waals surface area (Å²) in [5.74, 6) is 3.75. The van der Waals surface area contributed by atoms with Crippen LogP contribution in [0.15, 0.2) is 24.3 Å². The summed E-state index contributed by atoms with van der Waals surface area (Å²) in [4.78, 5) is 12.4. The number of hydrogen-bond acceptors (Lipinski definition) is 2. The summed E-state index contributed by atoms with van der Waals surface area (Å²) in [5.41, 5.74) is 1.38. The van der Waals surface area contributed by atoms with Crippen molar-refractivity contribution in [3.8, 4) is 5.75 Å². The molecule has 1 aromatic carbocycles. The lowest BCUT2D eigenvalue weighted by Gasteiger charge is -2.56. The van der Waals surface area contributed by atoms with Gasteiger partial charge in [-0.1, -0.05) is 18.2 Å². The van der Waals surface area contributed by atoms with Crippen LogP contribution in [0, 0.1) is 23.2 Å². The summed E-state index contributed by atoms with van der Waals surface area (Å²) >= 11 is 0. The minimum absolute atomic E-state index is 0.130. The van der Waals surface area contributed by atoms with E-state index in [2.05, 4.69) is 5.32 Å². The van der Waals surface area contributed by atoms with E-state index in [1.54, 1.807) is 7.11 Å². The molecule has 124 valence electrons. The van der Waals surface area contributed by atoms with Gasteiger partial charge in [0.05, 0.1) is 13.5 Å². The van der Waals surface area contributed by atoms with Gasteiger partial charge in [0.2, 0.25) is 5.91 Å². The van der Waals surface area contributed by atoms with E-state index in [4.69, 9.17) is 4.74 Å². The lowest BCUT2D eigenvalue weighted by atomic mass is 9.49. The third-order valence-corrected chi connectivity index (χ3v) is 6.37. The Kier molecular flexibility index (Phi) is 3.82. The SMILES string of the molecule is COc1ccccc1CC(=O)NCC12CC3CC(CC(C3)C1)C2. The molecule has 23 heavy (non-hydrogen) atoms. The molecule has 0 spiro atoms. The van der Waals surface area contributed by atoms with Crippen LogP contribution in [0.25, 0.3) is 0 Å². The van der Waals surface area contributed by atoms with Crippen LogP contribution in [0.4, 0.5) is 0 Å². The zero-order valence-electron chi connectivity index (χ0n) is 14.0. The predicted molar refractivity (Wildman–Crippen MR) is 90.3 cm³/mol. The topological polar surface area (TPSA) is 38.3 Å². The van der Waals surface area contributed by atoms with Crippen LogP contribution in [0.1, 0.15) is 44.1 Å². The molecule has 0 heterocycles. The number of methoxy groups -OCH3 is 1. The number of ether oxygens (including phenoxy) is 1. The molecule has 0 unspecified atom stereocenters. The Labute approximate surface area is 138 Å². The number of para-hydroxylation sites is 1. The summed E-state index contributed by atoms with van der Waals surface area (Å²) in [5, 5.41) is 3.24. The summed E-state index contributed by atoms with van der Waals surface area (Å²) in [6.45, 7) is 0.879. The molecule has 4 saturated carbocycles. The smallest absolute Gasteiger partial charge is 0.224 e. The number of amides is 1.